The third-order valence-corrected chi connectivity index (χ3v) is 3.41. The monoisotopic (exact) mass is 291 g/mol. The van der Waals surface area contributed by atoms with E-state index in [1.165, 1.54) is 6.33 Å². The van der Waals surface area contributed by atoms with Gasteiger partial charge in [0, 0.05) is 5.56 Å². The number of hydrogen-bond donors (Lipinski definition) is 2. The molecule has 0 bridgehead atoms. The highest BCUT2D eigenvalue weighted by atomic mass is 35.5. The molecule has 1 aromatic carbocycles. The summed E-state index contributed by atoms with van der Waals surface area (Å²) < 4.78 is 0. The van der Waals surface area contributed by atoms with Crippen LogP contribution in [-0.4, -0.2) is 21.7 Å². The minimum atomic E-state index is -0.223. The molecule has 2 aromatic rings. The molecule has 2 N–H and O–H groups in total. The molecule has 20 heavy (non-hydrogen) atoms. The van der Waals surface area contributed by atoms with Crippen LogP contribution in [0.2, 0.25) is 5.15 Å². The van der Waals surface area contributed by atoms with Gasteiger partial charge in [-0.05, 0) is 11.5 Å². The van der Waals surface area contributed by atoms with E-state index in [9.17, 15) is 5.11 Å². The van der Waals surface area contributed by atoms with E-state index >= 15 is 0 Å². The van der Waals surface area contributed by atoms with Crippen molar-refractivity contribution in [3.8, 4) is 0 Å². The van der Waals surface area contributed by atoms with Crippen molar-refractivity contribution in [1.29, 1.82) is 0 Å². The van der Waals surface area contributed by atoms with E-state index in [0.29, 0.717) is 11.0 Å². The fourth-order valence-electron chi connectivity index (χ4n) is 2.09. The zero-order valence-corrected chi connectivity index (χ0v) is 12.3. The van der Waals surface area contributed by atoms with Crippen LogP contribution in [0.3, 0.4) is 0 Å². The van der Waals surface area contributed by atoms with E-state index in [0.717, 1.165) is 11.1 Å². The average molecular weight is 292 g/mol. The van der Waals surface area contributed by atoms with E-state index in [1.807, 2.05) is 44.2 Å². The molecule has 1 atom stereocenters. The van der Waals surface area contributed by atoms with Gasteiger partial charge in [-0.1, -0.05) is 55.8 Å². The van der Waals surface area contributed by atoms with E-state index < -0.39 is 0 Å². The van der Waals surface area contributed by atoms with Gasteiger partial charge in [-0.15, -0.1) is 0 Å². The first-order chi connectivity index (χ1) is 9.63. The topological polar surface area (TPSA) is 58.0 Å². The molecule has 106 valence electrons. The molecule has 2 rings (SSSR count). The lowest BCUT2D eigenvalue weighted by molar-refractivity contribution is 0.276. The van der Waals surface area contributed by atoms with Crippen LogP contribution in [0.4, 0.5) is 5.82 Å². The van der Waals surface area contributed by atoms with Gasteiger partial charge in [-0.3, -0.25) is 0 Å². The third-order valence-electron chi connectivity index (χ3n) is 3.11. The second-order valence-corrected chi connectivity index (χ2v) is 5.23. The molecule has 0 saturated heterocycles. The van der Waals surface area contributed by atoms with Crippen LogP contribution in [-0.2, 0) is 0 Å². The summed E-state index contributed by atoms with van der Waals surface area (Å²) in [5, 5.41) is 13.3. The highest BCUT2D eigenvalue weighted by molar-refractivity contribution is 6.30. The molecule has 5 heteroatoms. The summed E-state index contributed by atoms with van der Waals surface area (Å²) in [6.07, 6.45) is 1.43. The molecular weight excluding hydrogens is 274 g/mol. The average Bonchev–Trinajstić information content (AvgIpc) is 2.45. The zero-order valence-electron chi connectivity index (χ0n) is 11.5. The normalized spacial score (nSPS) is 12.4. The zero-order chi connectivity index (χ0) is 14.5. The van der Waals surface area contributed by atoms with Gasteiger partial charge in [-0.2, -0.15) is 0 Å². The number of aliphatic hydroxyl groups is 1. The molecule has 4 nitrogen and oxygen atoms in total. The number of benzene rings is 1. The molecule has 0 aliphatic rings. The number of hydrogen-bond acceptors (Lipinski definition) is 4. The van der Waals surface area contributed by atoms with Gasteiger partial charge in [-0.25, -0.2) is 9.97 Å². The van der Waals surface area contributed by atoms with Gasteiger partial charge in [0.15, 0.2) is 0 Å². The summed E-state index contributed by atoms with van der Waals surface area (Å²) in [6, 6.07) is 9.53. The number of nitrogens with one attached hydrogen (secondary N) is 1. The molecule has 1 unspecified atom stereocenters. The molecule has 0 aliphatic heterocycles. The van der Waals surface area contributed by atoms with Crippen LogP contribution in [0.15, 0.2) is 36.7 Å². The molecule has 0 amide bonds. The lowest BCUT2D eigenvalue weighted by Crippen LogP contribution is -2.17. The van der Waals surface area contributed by atoms with Crippen LogP contribution < -0.4 is 5.32 Å². The summed E-state index contributed by atoms with van der Waals surface area (Å²) in [6.45, 7) is 4.04. The van der Waals surface area contributed by atoms with Crippen LogP contribution in [0.1, 0.15) is 36.9 Å². The van der Waals surface area contributed by atoms with Crippen molar-refractivity contribution < 1.29 is 5.11 Å². The fourth-order valence-corrected chi connectivity index (χ4v) is 2.44. The van der Waals surface area contributed by atoms with Gasteiger partial charge in [0.25, 0.3) is 0 Å². The first kappa shape index (κ1) is 14.8. The number of aliphatic hydroxyl groups excluding tert-OH is 1. The number of rotatable bonds is 5. The predicted molar refractivity (Wildman–Crippen MR) is 81.0 cm³/mol. The van der Waals surface area contributed by atoms with Crippen molar-refractivity contribution >= 4 is 17.4 Å². The maximum absolute atomic E-state index is 9.60. The van der Waals surface area contributed by atoms with Gasteiger partial charge in [0.2, 0.25) is 0 Å². The quantitative estimate of drug-likeness (QED) is 0.829. The molecular formula is C15H18ClN3O. The van der Waals surface area contributed by atoms with Crippen molar-refractivity contribution in [3.05, 3.63) is 52.9 Å². The molecule has 0 spiro atoms. The van der Waals surface area contributed by atoms with Crippen LogP contribution in [0, 0.1) is 0 Å². The Morgan fingerprint density at radius 1 is 1.20 bits per heavy atom. The molecule has 1 heterocycles. The van der Waals surface area contributed by atoms with Crippen LogP contribution in [0.5, 0.6) is 0 Å². The van der Waals surface area contributed by atoms with Crippen LogP contribution >= 0.6 is 11.6 Å². The highest BCUT2D eigenvalue weighted by Crippen LogP contribution is 2.30. The first-order valence-electron chi connectivity index (χ1n) is 6.56. The maximum atomic E-state index is 9.60. The third kappa shape index (κ3) is 3.26. The van der Waals surface area contributed by atoms with E-state index in [1.54, 1.807) is 0 Å². The molecule has 1 aromatic heterocycles. The number of aromatic nitrogens is 2. The van der Waals surface area contributed by atoms with Crippen LogP contribution in [0.25, 0.3) is 0 Å². The Bertz CT molecular complexity index is 560. The largest absolute Gasteiger partial charge is 0.394 e. The summed E-state index contributed by atoms with van der Waals surface area (Å²) in [7, 11) is 0. The van der Waals surface area contributed by atoms with Gasteiger partial charge in [0.05, 0.1) is 12.6 Å². The first-order valence-corrected chi connectivity index (χ1v) is 6.94. The summed E-state index contributed by atoms with van der Waals surface area (Å²) in [5.74, 6) is 0.865. The van der Waals surface area contributed by atoms with Gasteiger partial charge < -0.3 is 10.4 Å². The Morgan fingerprint density at radius 3 is 2.50 bits per heavy atom. The summed E-state index contributed by atoms with van der Waals surface area (Å²) in [5.41, 5.74) is 1.86. The smallest absolute Gasteiger partial charge is 0.138 e. The van der Waals surface area contributed by atoms with E-state index in [2.05, 4.69) is 15.3 Å². The lowest BCUT2D eigenvalue weighted by atomic mass is 10.0. The Hall–Kier alpha value is -1.65. The molecule has 0 aliphatic carbocycles. The Labute approximate surface area is 123 Å². The molecule has 0 fully saturated rings. The Kier molecular flexibility index (Phi) is 4.93. The number of anilines is 1. The van der Waals surface area contributed by atoms with Crippen molar-refractivity contribution in [1.82, 2.24) is 9.97 Å². The second-order valence-electron chi connectivity index (χ2n) is 4.87. The SMILES string of the molecule is CC(C)c1c(Cl)ncnc1NC(CO)c1ccccc1. The van der Waals surface area contributed by atoms with Crippen molar-refractivity contribution in [2.75, 3.05) is 11.9 Å². The Balaban J connectivity index is 2.31. The minimum absolute atomic E-state index is 0.0246. The predicted octanol–water partition coefficient (Wildman–Crippen LogP) is 3.40. The highest BCUT2D eigenvalue weighted by Gasteiger charge is 2.17. The van der Waals surface area contributed by atoms with E-state index in [4.69, 9.17) is 11.6 Å². The molecule has 0 saturated carbocycles. The minimum Gasteiger partial charge on any atom is -0.394 e. The number of nitrogens with zero attached hydrogens (tertiary/aromatic N) is 2. The second kappa shape index (κ2) is 6.68. The summed E-state index contributed by atoms with van der Waals surface area (Å²) in [4.78, 5) is 8.27. The van der Waals surface area contributed by atoms with Crippen molar-refractivity contribution in [3.63, 3.8) is 0 Å². The molecule has 0 radical (unpaired) electrons. The van der Waals surface area contributed by atoms with Crippen molar-refractivity contribution in [2.45, 2.75) is 25.8 Å². The fraction of sp³-hybridized carbons (Fsp3) is 0.333. The lowest BCUT2D eigenvalue weighted by Gasteiger charge is -2.20. The summed E-state index contributed by atoms with van der Waals surface area (Å²) >= 11 is 6.14. The van der Waals surface area contributed by atoms with Crippen molar-refractivity contribution in [2.24, 2.45) is 0 Å². The maximum Gasteiger partial charge on any atom is 0.138 e. The number of halogens is 1. The van der Waals surface area contributed by atoms with Gasteiger partial charge >= 0.3 is 0 Å². The van der Waals surface area contributed by atoms with E-state index in [-0.39, 0.29) is 18.6 Å². The standard InChI is InChI=1S/C15H18ClN3O/c1-10(2)13-14(16)17-9-18-15(13)19-12(8-20)11-6-4-3-5-7-11/h3-7,9-10,12,20H,8H2,1-2H3,(H,17,18,19). The Morgan fingerprint density at radius 2 is 1.90 bits per heavy atom. The van der Waals surface area contributed by atoms with Gasteiger partial charge in [0.1, 0.15) is 17.3 Å².